The molecule has 0 saturated carbocycles. The van der Waals surface area contributed by atoms with E-state index in [0.717, 1.165) is 33.9 Å². The number of aromatic nitrogens is 2. The van der Waals surface area contributed by atoms with Crippen LogP contribution in [-0.4, -0.2) is 28.8 Å². The molecule has 8 heteroatoms. The van der Waals surface area contributed by atoms with E-state index in [0.29, 0.717) is 31.3 Å². The highest BCUT2D eigenvalue weighted by Crippen LogP contribution is 2.35. The van der Waals surface area contributed by atoms with E-state index in [9.17, 15) is 4.79 Å². The Morgan fingerprint density at radius 2 is 2.31 bits per heavy atom. The number of nitrogens with one attached hydrogen (secondary N) is 1. The van der Waals surface area contributed by atoms with Gasteiger partial charge < -0.3 is 19.3 Å². The van der Waals surface area contributed by atoms with Crippen LogP contribution in [0.15, 0.2) is 34.2 Å². The molecule has 29 heavy (non-hydrogen) atoms. The summed E-state index contributed by atoms with van der Waals surface area (Å²) in [6.45, 7) is 4.94. The van der Waals surface area contributed by atoms with Crippen LogP contribution in [0.5, 0.6) is 11.5 Å². The molecule has 0 bridgehead atoms. The van der Waals surface area contributed by atoms with Crippen LogP contribution < -0.4 is 14.8 Å². The monoisotopic (exact) mass is 413 g/mol. The highest BCUT2D eigenvalue weighted by atomic mass is 32.1. The largest absolute Gasteiger partial charge is 0.494 e. The Morgan fingerprint density at radius 3 is 3.10 bits per heavy atom. The number of aryl methyl sites for hydroxylation is 1. The summed E-state index contributed by atoms with van der Waals surface area (Å²) in [4.78, 5) is 17.6. The van der Waals surface area contributed by atoms with Crippen molar-refractivity contribution in [2.24, 2.45) is 0 Å². The maximum atomic E-state index is 12.3. The third-order valence-electron chi connectivity index (χ3n) is 4.63. The first kappa shape index (κ1) is 19.4. The van der Waals surface area contributed by atoms with E-state index >= 15 is 0 Å². The van der Waals surface area contributed by atoms with Crippen molar-refractivity contribution in [3.63, 3.8) is 0 Å². The normalized spacial score (nSPS) is 15.0. The molecule has 1 amide bonds. The topological polar surface area (TPSA) is 86.5 Å². The van der Waals surface area contributed by atoms with E-state index in [4.69, 9.17) is 14.0 Å². The average molecular weight is 413 g/mol. The van der Waals surface area contributed by atoms with Crippen LogP contribution in [0.4, 0.5) is 0 Å². The average Bonchev–Trinajstić information content (AvgIpc) is 3.44. The molecule has 0 fully saturated rings. The highest BCUT2D eigenvalue weighted by Gasteiger charge is 2.22. The lowest BCUT2D eigenvalue weighted by Gasteiger charge is -2.13. The molecule has 1 aromatic carbocycles. The molecule has 7 nitrogen and oxygen atoms in total. The number of thiophene rings is 1. The molecule has 0 aliphatic carbocycles. The molecule has 1 N–H and O–H groups in total. The molecule has 3 heterocycles. The fourth-order valence-corrected chi connectivity index (χ4v) is 3.92. The zero-order valence-electron chi connectivity index (χ0n) is 16.4. The number of ether oxygens (including phenoxy) is 2. The molecular weight excluding hydrogens is 390 g/mol. The van der Waals surface area contributed by atoms with E-state index < -0.39 is 0 Å². The maximum absolute atomic E-state index is 12.3. The van der Waals surface area contributed by atoms with Crippen LogP contribution >= 0.6 is 11.3 Å². The van der Waals surface area contributed by atoms with E-state index in [1.807, 2.05) is 43.5 Å². The molecule has 2 aromatic heterocycles. The molecule has 1 atom stereocenters. The fraction of sp³-hybridized carbons (Fsp3) is 0.381. The molecular formula is C21H23N3O4S. The predicted octanol–water partition coefficient (Wildman–Crippen LogP) is 3.77. The van der Waals surface area contributed by atoms with Gasteiger partial charge in [-0.15, -0.1) is 11.3 Å². The minimum absolute atomic E-state index is 0.0851. The molecule has 3 aromatic rings. The van der Waals surface area contributed by atoms with E-state index in [1.165, 1.54) is 0 Å². The minimum atomic E-state index is -0.0851. The minimum Gasteiger partial charge on any atom is -0.494 e. The highest BCUT2D eigenvalue weighted by molar-refractivity contribution is 7.13. The van der Waals surface area contributed by atoms with Gasteiger partial charge in [0.15, 0.2) is 0 Å². The van der Waals surface area contributed by atoms with Crippen LogP contribution in [0.2, 0.25) is 0 Å². The zero-order valence-corrected chi connectivity index (χ0v) is 17.3. The molecule has 0 radical (unpaired) electrons. The second-order valence-corrected chi connectivity index (χ2v) is 7.85. The predicted molar refractivity (Wildman–Crippen MR) is 109 cm³/mol. The van der Waals surface area contributed by atoms with Crippen molar-refractivity contribution >= 4 is 17.2 Å². The van der Waals surface area contributed by atoms with Gasteiger partial charge in [0.25, 0.3) is 0 Å². The van der Waals surface area contributed by atoms with Gasteiger partial charge in [0, 0.05) is 36.9 Å². The third-order valence-corrected chi connectivity index (χ3v) is 5.50. The van der Waals surface area contributed by atoms with Gasteiger partial charge >= 0.3 is 0 Å². The van der Waals surface area contributed by atoms with Gasteiger partial charge in [-0.05, 0) is 37.4 Å². The quantitative estimate of drug-likeness (QED) is 0.605. The van der Waals surface area contributed by atoms with Gasteiger partial charge in [-0.2, -0.15) is 4.98 Å². The molecule has 0 unspecified atom stereocenters. The maximum Gasteiger partial charge on any atom is 0.227 e. The molecule has 152 valence electrons. The standard InChI is InChI=1S/C21H23N3O4S/c1-3-26-16-10-14-9-13(2)27-17(14)11-15(16)12-22-19(25)6-7-20-23-21(24-28-20)18-5-4-8-29-18/h4-5,8,10-11,13H,3,6-7,9,12H2,1-2H3,(H,22,25)/t13-/m1/s1. The summed E-state index contributed by atoms with van der Waals surface area (Å²) in [5.74, 6) is 2.60. The van der Waals surface area contributed by atoms with Crippen molar-refractivity contribution in [1.82, 2.24) is 15.5 Å². The number of carbonyl (C=O) groups is 1. The number of benzene rings is 1. The Balaban J connectivity index is 1.33. The lowest BCUT2D eigenvalue weighted by Crippen LogP contribution is -2.23. The lowest BCUT2D eigenvalue weighted by molar-refractivity contribution is -0.121. The molecule has 1 aliphatic heterocycles. The Morgan fingerprint density at radius 1 is 1.41 bits per heavy atom. The van der Waals surface area contributed by atoms with Crippen molar-refractivity contribution in [2.45, 2.75) is 45.8 Å². The number of amides is 1. The van der Waals surface area contributed by atoms with Crippen molar-refractivity contribution in [3.05, 3.63) is 46.7 Å². The Hall–Kier alpha value is -2.87. The van der Waals surface area contributed by atoms with Gasteiger partial charge in [0.2, 0.25) is 17.6 Å². The van der Waals surface area contributed by atoms with Crippen LogP contribution in [0, 0.1) is 0 Å². The van der Waals surface area contributed by atoms with Gasteiger partial charge in [-0.25, -0.2) is 0 Å². The van der Waals surface area contributed by atoms with Crippen molar-refractivity contribution < 1.29 is 18.8 Å². The smallest absolute Gasteiger partial charge is 0.227 e. The third kappa shape index (κ3) is 4.59. The van der Waals surface area contributed by atoms with Gasteiger partial charge in [0.1, 0.15) is 17.6 Å². The first-order chi connectivity index (χ1) is 14.1. The van der Waals surface area contributed by atoms with Gasteiger partial charge in [-0.3, -0.25) is 4.79 Å². The summed E-state index contributed by atoms with van der Waals surface area (Å²) in [5, 5.41) is 8.86. The van der Waals surface area contributed by atoms with Gasteiger partial charge in [0.05, 0.1) is 11.5 Å². The Kier molecular flexibility index (Phi) is 5.80. The van der Waals surface area contributed by atoms with Crippen LogP contribution in [0.25, 0.3) is 10.7 Å². The van der Waals surface area contributed by atoms with Crippen molar-refractivity contribution in [2.75, 3.05) is 6.61 Å². The lowest BCUT2D eigenvalue weighted by atomic mass is 10.1. The first-order valence-electron chi connectivity index (χ1n) is 9.70. The van der Waals surface area contributed by atoms with E-state index in [1.54, 1.807) is 11.3 Å². The number of carbonyl (C=O) groups excluding carboxylic acids is 1. The van der Waals surface area contributed by atoms with Crippen molar-refractivity contribution in [1.29, 1.82) is 0 Å². The summed E-state index contributed by atoms with van der Waals surface area (Å²) in [6.07, 6.45) is 1.71. The summed E-state index contributed by atoms with van der Waals surface area (Å²) in [7, 11) is 0. The second-order valence-electron chi connectivity index (χ2n) is 6.90. The summed E-state index contributed by atoms with van der Waals surface area (Å²) >= 11 is 1.55. The summed E-state index contributed by atoms with van der Waals surface area (Å²) in [5.41, 5.74) is 2.06. The van der Waals surface area contributed by atoms with Crippen LogP contribution in [-0.2, 0) is 24.2 Å². The van der Waals surface area contributed by atoms with E-state index in [-0.39, 0.29) is 18.4 Å². The molecule has 1 aliphatic rings. The molecule has 0 spiro atoms. The summed E-state index contributed by atoms with van der Waals surface area (Å²) < 4.78 is 16.8. The first-order valence-corrected chi connectivity index (χ1v) is 10.6. The SMILES string of the molecule is CCOc1cc2c(cc1CNC(=O)CCc1nc(-c3cccs3)no1)O[C@H](C)C2. The number of nitrogens with zero attached hydrogens (tertiary/aromatic N) is 2. The Labute approximate surface area is 173 Å². The van der Waals surface area contributed by atoms with E-state index in [2.05, 4.69) is 15.5 Å². The molecule has 0 saturated heterocycles. The number of fused-ring (bicyclic) bond motifs is 1. The zero-order chi connectivity index (χ0) is 20.2. The number of hydrogen-bond donors (Lipinski definition) is 1. The second kappa shape index (κ2) is 8.65. The van der Waals surface area contributed by atoms with Crippen molar-refractivity contribution in [3.8, 4) is 22.2 Å². The summed E-state index contributed by atoms with van der Waals surface area (Å²) in [6, 6.07) is 7.86. The molecule has 4 rings (SSSR count). The Bertz CT molecular complexity index is 984. The number of rotatable bonds is 8. The number of hydrogen-bond acceptors (Lipinski definition) is 7. The van der Waals surface area contributed by atoms with Crippen LogP contribution in [0.1, 0.15) is 37.3 Å². The van der Waals surface area contributed by atoms with Gasteiger partial charge in [-0.1, -0.05) is 11.2 Å². The van der Waals surface area contributed by atoms with Crippen LogP contribution in [0.3, 0.4) is 0 Å². The fourth-order valence-electron chi connectivity index (χ4n) is 3.27.